The second-order valence-electron chi connectivity index (χ2n) is 6.44. The van der Waals surface area contributed by atoms with E-state index in [1.165, 1.54) is 0 Å². The fourth-order valence-electron chi connectivity index (χ4n) is 3.16. The van der Waals surface area contributed by atoms with Crippen LogP contribution in [0.5, 0.6) is 0 Å². The monoisotopic (exact) mass is 363 g/mol. The van der Waals surface area contributed by atoms with Gasteiger partial charge in [-0.05, 0) is 54.1 Å². The van der Waals surface area contributed by atoms with Crippen molar-refractivity contribution in [3.05, 3.63) is 103 Å². The van der Waals surface area contributed by atoms with Crippen LogP contribution in [0.3, 0.4) is 0 Å². The number of benzene rings is 3. The van der Waals surface area contributed by atoms with Crippen LogP contribution in [-0.4, -0.2) is 25.3 Å². The van der Waals surface area contributed by atoms with Crippen molar-refractivity contribution in [3.63, 3.8) is 0 Å². The third-order valence-corrected chi connectivity index (χ3v) is 4.64. The van der Waals surface area contributed by atoms with Crippen LogP contribution in [0.1, 0.15) is 5.56 Å². The van der Waals surface area contributed by atoms with Gasteiger partial charge in [0.1, 0.15) is 6.33 Å². The molecular formula is C23H17N5. The van der Waals surface area contributed by atoms with Crippen LogP contribution in [0.15, 0.2) is 103 Å². The number of hydrogen-bond acceptors (Lipinski definition) is 3. The minimum atomic E-state index is 0.911. The molecule has 134 valence electrons. The Balaban J connectivity index is 1.35. The molecule has 0 bridgehead atoms. The summed E-state index contributed by atoms with van der Waals surface area (Å²) in [6, 6.07) is 24.5. The minimum absolute atomic E-state index is 0.911. The summed E-state index contributed by atoms with van der Waals surface area (Å²) >= 11 is 0. The number of imidazole rings is 2. The second-order valence-corrected chi connectivity index (χ2v) is 6.44. The normalized spacial score (nSPS) is 11.4. The molecule has 5 nitrogen and oxygen atoms in total. The van der Waals surface area contributed by atoms with Gasteiger partial charge in [0.2, 0.25) is 0 Å². The molecule has 0 aliphatic carbocycles. The molecule has 0 unspecified atom stereocenters. The molecule has 0 spiro atoms. The molecule has 0 atom stereocenters. The first-order valence-electron chi connectivity index (χ1n) is 9.02. The Hall–Kier alpha value is -3.99. The quantitative estimate of drug-likeness (QED) is 0.424. The molecule has 0 amide bonds. The molecule has 0 aliphatic heterocycles. The van der Waals surface area contributed by atoms with E-state index in [2.05, 4.69) is 49.9 Å². The van der Waals surface area contributed by atoms with Crippen molar-refractivity contribution in [3.8, 4) is 11.4 Å². The van der Waals surface area contributed by atoms with Gasteiger partial charge in [-0.3, -0.25) is 9.56 Å². The van der Waals surface area contributed by atoms with Crippen LogP contribution < -0.4 is 0 Å². The van der Waals surface area contributed by atoms with Crippen LogP contribution in [-0.2, 0) is 0 Å². The summed E-state index contributed by atoms with van der Waals surface area (Å²) in [5.74, 6) is 0. The van der Waals surface area contributed by atoms with Gasteiger partial charge in [-0.15, -0.1) is 0 Å². The van der Waals surface area contributed by atoms with Crippen LogP contribution in [0.2, 0.25) is 0 Å². The van der Waals surface area contributed by atoms with E-state index >= 15 is 0 Å². The lowest BCUT2D eigenvalue weighted by molar-refractivity contribution is 1.06. The van der Waals surface area contributed by atoms with Crippen LogP contribution in [0.25, 0.3) is 22.4 Å². The molecule has 5 rings (SSSR count). The highest BCUT2D eigenvalue weighted by atomic mass is 15.0. The summed E-state index contributed by atoms with van der Waals surface area (Å²) < 4.78 is 4.05. The molecule has 3 aromatic carbocycles. The van der Waals surface area contributed by atoms with Gasteiger partial charge in [0.25, 0.3) is 0 Å². The SMILES string of the molecule is C(=Nc1ccc(-n2ccnc2)cc1)c1ccc(-n2cnc3ccccc32)cc1. The molecule has 2 aromatic heterocycles. The van der Waals surface area contributed by atoms with E-state index in [1.807, 2.05) is 65.8 Å². The number of rotatable bonds is 4. The van der Waals surface area contributed by atoms with Crippen LogP contribution >= 0.6 is 0 Å². The summed E-state index contributed by atoms with van der Waals surface area (Å²) in [7, 11) is 0. The Kier molecular flexibility index (Phi) is 4.03. The number of aliphatic imine (C=N–C) groups is 1. The number of fused-ring (bicyclic) bond motifs is 1. The van der Waals surface area contributed by atoms with E-state index in [0.29, 0.717) is 0 Å². The maximum atomic E-state index is 4.57. The van der Waals surface area contributed by atoms with Gasteiger partial charge in [-0.2, -0.15) is 0 Å². The van der Waals surface area contributed by atoms with Gasteiger partial charge >= 0.3 is 0 Å². The Morgan fingerprint density at radius 3 is 2.36 bits per heavy atom. The number of para-hydroxylation sites is 2. The Morgan fingerprint density at radius 1 is 0.786 bits per heavy atom. The Bertz CT molecular complexity index is 1230. The third kappa shape index (κ3) is 3.10. The summed E-state index contributed by atoms with van der Waals surface area (Å²) in [5.41, 5.74) is 6.19. The van der Waals surface area contributed by atoms with E-state index in [9.17, 15) is 0 Å². The largest absolute Gasteiger partial charge is 0.306 e. The van der Waals surface area contributed by atoms with Gasteiger partial charge in [-0.25, -0.2) is 9.97 Å². The zero-order valence-electron chi connectivity index (χ0n) is 15.1. The predicted molar refractivity (Wildman–Crippen MR) is 112 cm³/mol. The van der Waals surface area contributed by atoms with Crippen molar-refractivity contribution in [2.75, 3.05) is 0 Å². The average molecular weight is 363 g/mol. The van der Waals surface area contributed by atoms with Crippen molar-refractivity contribution < 1.29 is 0 Å². The van der Waals surface area contributed by atoms with Crippen LogP contribution in [0.4, 0.5) is 5.69 Å². The molecule has 0 fully saturated rings. The maximum Gasteiger partial charge on any atom is 0.100 e. The first kappa shape index (κ1) is 16.2. The van der Waals surface area contributed by atoms with Crippen molar-refractivity contribution >= 4 is 22.9 Å². The van der Waals surface area contributed by atoms with E-state index in [1.54, 1.807) is 12.5 Å². The average Bonchev–Trinajstić information content (AvgIpc) is 3.43. The molecule has 0 radical (unpaired) electrons. The van der Waals surface area contributed by atoms with Crippen molar-refractivity contribution in [2.24, 2.45) is 4.99 Å². The molecule has 5 aromatic rings. The first-order valence-corrected chi connectivity index (χ1v) is 9.02. The van der Waals surface area contributed by atoms with Gasteiger partial charge in [0, 0.05) is 30.0 Å². The molecule has 5 heteroatoms. The topological polar surface area (TPSA) is 48.0 Å². The van der Waals surface area contributed by atoms with E-state index < -0.39 is 0 Å². The fourth-order valence-corrected chi connectivity index (χ4v) is 3.16. The zero-order chi connectivity index (χ0) is 18.8. The number of nitrogens with zero attached hydrogens (tertiary/aromatic N) is 5. The lowest BCUT2D eigenvalue weighted by Crippen LogP contribution is -1.92. The molecular weight excluding hydrogens is 346 g/mol. The maximum absolute atomic E-state index is 4.57. The van der Waals surface area contributed by atoms with Crippen molar-refractivity contribution in [1.82, 2.24) is 19.1 Å². The molecule has 2 heterocycles. The van der Waals surface area contributed by atoms with E-state index in [0.717, 1.165) is 33.7 Å². The summed E-state index contributed by atoms with van der Waals surface area (Å²) in [6.07, 6.45) is 9.20. The lowest BCUT2D eigenvalue weighted by Gasteiger charge is -2.04. The zero-order valence-corrected chi connectivity index (χ0v) is 15.1. The highest BCUT2D eigenvalue weighted by Crippen LogP contribution is 2.19. The first-order chi connectivity index (χ1) is 13.9. The third-order valence-electron chi connectivity index (χ3n) is 4.64. The number of hydrogen-bond donors (Lipinski definition) is 0. The standard InChI is InChI=1S/C23H17N5/c1-2-4-23-22(3-1)26-17-28(23)21-9-5-18(6-10-21)15-25-19-7-11-20(12-8-19)27-14-13-24-16-27/h1-17H. The Morgan fingerprint density at radius 2 is 1.57 bits per heavy atom. The van der Waals surface area contributed by atoms with E-state index in [-0.39, 0.29) is 0 Å². The highest BCUT2D eigenvalue weighted by Gasteiger charge is 2.03. The summed E-state index contributed by atoms with van der Waals surface area (Å²) in [6.45, 7) is 0. The summed E-state index contributed by atoms with van der Waals surface area (Å²) in [4.78, 5) is 13.1. The van der Waals surface area contributed by atoms with Gasteiger partial charge in [0.05, 0.1) is 23.0 Å². The van der Waals surface area contributed by atoms with Crippen molar-refractivity contribution in [1.29, 1.82) is 0 Å². The van der Waals surface area contributed by atoms with E-state index in [4.69, 9.17) is 0 Å². The van der Waals surface area contributed by atoms with Crippen molar-refractivity contribution in [2.45, 2.75) is 0 Å². The predicted octanol–water partition coefficient (Wildman–Crippen LogP) is 4.96. The Labute approximate surface area is 162 Å². The second kappa shape index (κ2) is 6.96. The molecule has 0 saturated carbocycles. The molecule has 0 saturated heterocycles. The lowest BCUT2D eigenvalue weighted by atomic mass is 10.2. The fraction of sp³-hybridized carbons (Fsp3) is 0. The molecule has 28 heavy (non-hydrogen) atoms. The minimum Gasteiger partial charge on any atom is -0.306 e. The van der Waals surface area contributed by atoms with Gasteiger partial charge in [-0.1, -0.05) is 24.3 Å². The highest BCUT2D eigenvalue weighted by molar-refractivity contribution is 5.83. The molecule has 0 aliphatic rings. The summed E-state index contributed by atoms with van der Waals surface area (Å²) in [5, 5.41) is 0. The molecule has 0 N–H and O–H groups in total. The number of aromatic nitrogens is 4. The van der Waals surface area contributed by atoms with Crippen LogP contribution in [0, 0.1) is 0 Å². The van der Waals surface area contributed by atoms with Gasteiger partial charge in [0.15, 0.2) is 0 Å². The smallest absolute Gasteiger partial charge is 0.100 e. The van der Waals surface area contributed by atoms with Gasteiger partial charge < -0.3 is 4.57 Å².